The topological polar surface area (TPSA) is 44.4 Å². The highest BCUT2D eigenvalue weighted by Gasteiger charge is 2.21. The number of amides is 2. The highest BCUT2D eigenvalue weighted by Crippen LogP contribution is 2.01. The predicted octanol–water partition coefficient (Wildman–Crippen LogP) is 0.431. The average molecular weight is 208 g/mol. The van der Waals surface area contributed by atoms with Gasteiger partial charge in [-0.25, -0.2) is 4.79 Å². The highest BCUT2D eigenvalue weighted by atomic mass is 35.5. The molecule has 13 heavy (non-hydrogen) atoms. The van der Waals surface area contributed by atoms with Crippen molar-refractivity contribution in [2.24, 2.45) is 0 Å². The van der Waals surface area contributed by atoms with Crippen LogP contribution in [0.2, 0.25) is 0 Å². The van der Waals surface area contributed by atoms with Gasteiger partial charge in [0, 0.05) is 32.2 Å². The van der Waals surface area contributed by atoms with Gasteiger partial charge in [0.25, 0.3) is 0 Å². The minimum atomic E-state index is 0. The van der Waals surface area contributed by atoms with E-state index in [1.807, 2.05) is 11.8 Å². The molecular weight excluding hydrogens is 190 g/mol. The number of nitrogens with zero attached hydrogens (tertiary/aromatic N) is 1. The molecule has 1 rings (SSSR count). The van der Waals surface area contributed by atoms with E-state index in [4.69, 9.17) is 0 Å². The SMILES string of the molecule is CCNC(=O)N1CCNC[C@@H]1C.Cl. The van der Waals surface area contributed by atoms with Crippen molar-refractivity contribution in [3.05, 3.63) is 0 Å². The number of carbonyl (C=O) groups excluding carboxylic acids is 1. The van der Waals surface area contributed by atoms with Crippen molar-refractivity contribution in [2.45, 2.75) is 19.9 Å². The smallest absolute Gasteiger partial charge is 0.317 e. The van der Waals surface area contributed by atoms with Gasteiger partial charge in [0.05, 0.1) is 0 Å². The summed E-state index contributed by atoms with van der Waals surface area (Å²) < 4.78 is 0. The Labute approximate surface area is 85.5 Å². The number of rotatable bonds is 1. The van der Waals surface area contributed by atoms with E-state index in [1.54, 1.807) is 0 Å². The van der Waals surface area contributed by atoms with Gasteiger partial charge in [-0.05, 0) is 13.8 Å². The second-order valence-electron chi connectivity index (χ2n) is 3.08. The lowest BCUT2D eigenvalue weighted by molar-refractivity contribution is 0.165. The Balaban J connectivity index is 0.00000144. The third-order valence-corrected chi connectivity index (χ3v) is 2.09. The van der Waals surface area contributed by atoms with E-state index >= 15 is 0 Å². The first-order valence-electron chi connectivity index (χ1n) is 4.51. The molecule has 0 aromatic rings. The molecule has 1 aliphatic heterocycles. The Morgan fingerprint density at radius 3 is 2.92 bits per heavy atom. The molecule has 0 radical (unpaired) electrons. The maximum atomic E-state index is 11.4. The van der Waals surface area contributed by atoms with Crippen LogP contribution >= 0.6 is 12.4 Å². The molecule has 78 valence electrons. The molecule has 1 aliphatic rings. The molecular formula is C8H18ClN3O. The second kappa shape index (κ2) is 6.05. The lowest BCUT2D eigenvalue weighted by atomic mass is 10.2. The van der Waals surface area contributed by atoms with Crippen LogP contribution in [0.15, 0.2) is 0 Å². The predicted molar refractivity (Wildman–Crippen MR) is 55.4 cm³/mol. The Morgan fingerprint density at radius 2 is 2.38 bits per heavy atom. The fraction of sp³-hybridized carbons (Fsp3) is 0.875. The van der Waals surface area contributed by atoms with Crippen molar-refractivity contribution < 1.29 is 4.79 Å². The largest absolute Gasteiger partial charge is 0.338 e. The number of nitrogens with one attached hydrogen (secondary N) is 2. The first-order valence-corrected chi connectivity index (χ1v) is 4.51. The van der Waals surface area contributed by atoms with E-state index in [9.17, 15) is 4.79 Å². The summed E-state index contributed by atoms with van der Waals surface area (Å²) in [5.74, 6) is 0. The zero-order chi connectivity index (χ0) is 8.97. The van der Waals surface area contributed by atoms with Crippen LogP contribution in [0.5, 0.6) is 0 Å². The molecule has 0 bridgehead atoms. The standard InChI is InChI=1S/C8H17N3O.ClH/c1-3-10-8(12)11-5-4-9-6-7(11)2;/h7,9H,3-6H2,1-2H3,(H,10,12);1H/t7-;/m0./s1. The van der Waals surface area contributed by atoms with Gasteiger partial charge in [-0.2, -0.15) is 0 Å². The summed E-state index contributed by atoms with van der Waals surface area (Å²) in [4.78, 5) is 13.3. The summed E-state index contributed by atoms with van der Waals surface area (Å²) in [6.07, 6.45) is 0. The van der Waals surface area contributed by atoms with E-state index in [1.165, 1.54) is 0 Å². The number of hydrogen-bond acceptors (Lipinski definition) is 2. The number of hydrogen-bond donors (Lipinski definition) is 2. The number of piperazine rings is 1. The summed E-state index contributed by atoms with van der Waals surface area (Å²) in [5.41, 5.74) is 0. The molecule has 0 aromatic carbocycles. The second-order valence-corrected chi connectivity index (χ2v) is 3.08. The van der Waals surface area contributed by atoms with Gasteiger partial charge in [0.1, 0.15) is 0 Å². The van der Waals surface area contributed by atoms with Gasteiger partial charge >= 0.3 is 6.03 Å². The Bertz CT molecular complexity index is 165. The fourth-order valence-corrected chi connectivity index (χ4v) is 1.40. The lowest BCUT2D eigenvalue weighted by Gasteiger charge is -2.33. The number of carbonyl (C=O) groups is 1. The molecule has 5 heteroatoms. The highest BCUT2D eigenvalue weighted by molar-refractivity contribution is 5.85. The summed E-state index contributed by atoms with van der Waals surface area (Å²) in [7, 11) is 0. The van der Waals surface area contributed by atoms with E-state index in [-0.39, 0.29) is 18.4 Å². The minimum Gasteiger partial charge on any atom is -0.338 e. The summed E-state index contributed by atoms with van der Waals surface area (Å²) in [5, 5.41) is 6.04. The van der Waals surface area contributed by atoms with Crippen molar-refractivity contribution in [1.82, 2.24) is 15.5 Å². The average Bonchev–Trinajstić information content (AvgIpc) is 2.05. The van der Waals surface area contributed by atoms with Crippen LogP contribution in [0.3, 0.4) is 0 Å². The van der Waals surface area contributed by atoms with E-state index in [0.29, 0.717) is 12.6 Å². The van der Waals surface area contributed by atoms with Gasteiger partial charge < -0.3 is 15.5 Å². The summed E-state index contributed by atoms with van der Waals surface area (Å²) >= 11 is 0. The van der Waals surface area contributed by atoms with Crippen molar-refractivity contribution in [2.75, 3.05) is 26.2 Å². The molecule has 0 saturated carbocycles. The molecule has 1 atom stereocenters. The first-order chi connectivity index (χ1) is 5.75. The third kappa shape index (κ3) is 3.40. The van der Waals surface area contributed by atoms with Crippen molar-refractivity contribution >= 4 is 18.4 Å². The molecule has 4 nitrogen and oxygen atoms in total. The first kappa shape index (κ1) is 12.5. The monoisotopic (exact) mass is 207 g/mol. The van der Waals surface area contributed by atoms with Crippen LogP contribution in [0, 0.1) is 0 Å². The van der Waals surface area contributed by atoms with Crippen molar-refractivity contribution in [3.63, 3.8) is 0 Å². The molecule has 1 saturated heterocycles. The number of urea groups is 1. The van der Waals surface area contributed by atoms with Crippen molar-refractivity contribution in [3.8, 4) is 0 Å². The van der Waals surface area contributed by atoms with Crippen molar-refractivity contribution in [1.29, 1.82) is 0 Å². The maximum absolute atomic E-state index is 11.4. The molecule has 2 amide bonds. The van der Waals surface area contributed by atoms with E-state index in [0.717, 1.165) is 19.6 Å². The normalized spacial score (nSPS) is 22.0. The molecule has 0 aliphatic carbocycles. The van der Waals surface area contributed by atoms with Gasteiger partial charge in [-0.3, -0.25) is 0 Å². The molecule has 1 heterocycles. The van der Waals surface area contributed by atoms with E-state index in [2.05, 4.69) is 17.6 Å². The van der Waals surface area contributed by atoms with Gasteiger partial charge in [-0.1, -0.05) is 0 Å². The quantitative estimate of drug-likeness (QED) is 0.655. The van der Waals surface area contributed by atoms with Crippen LogP contribution in [0.25, 0.3) is 0 Å². The molecule has 0 aromatic heterocycles. The minimum absolute atomic E-state index is 0. The van der Waals surface area contributed by atoms with Gasteiger partial charge in [-0.15, -0.1) is 12.4 Å². The Hall–Kier alpha value is -0.480. The zero-order valence-corrected chi connectivity index (χ0v) is 8.99. The number of halogens is 1. The van der Waals surface area contributed by atoms with Gasteiger partial charge in [0.15, 0.2) is 0 Å². The van der Waals surface area contributed by atoms with E-state index < -0.39 is 0 Å². The Kier molecular flexibility index (Phi) is 5.82. The van der Waals surface area contributed by atoms with Crippen LogP contribution in [-0.4, -0.2) is 43.2 Å². The van der Waals surface area contributed by atoms with Crippen LogP contribution < -0.4 is 10.6 Å². The summed E-state index contributed by atoms with van der Waals surface area (Å²) in [6.45, 7) is 7.31. The molecule has 2 N–H and O–H groups in total. The van der Waals surface area contributed by atoms with Crippen LogP contribution in [0.4, 0.5) is 4.79 Å². The third-order valence-electron chi connectivity index (χ3n) is 2.09. The zero-order valence-electron chi connectivity index (χ0n) is 8.17. The molecule has 0 spiro atoms. The molecule has 1 fully saturated rings. The lowest BCUT2D eigenvalue weighted by Crippen LogP contribution is -2.55. The molecule has 0 unspecified atom stereocenters. The fourth-order valence-electron chi connectivity index (χ4n) is 1.40. The Morgan fingerprint density at radius 1 is 1.69 bits per heavy atom. The van der Waals surface area contributed by atoms with Crippen LogP contribution in [0.1, 0.15) is 13.8 Å². The maximum Gasteiger partial charge on any atom is 0.317 e. The summed E-state index contributed by atoms with van der Waals surface area (Å²) in [6, 6.07) is 0.372. The van der Waals surface area contributed by atoms with Gasteiger partial charge in [0.2, 0.25) is 0 Å². The van der Waals surface area contributed by atoms with Crippen LogP contribution in [-0.2, 0) is 0 Å².